The van der Waals surface area contributed by atoms with Crippen LogP contribution in [0.1, 0.15) is 6.92 Å². The van der Waals surface area contributed by atoms with Crippen molar-refractivity contribution in [2.24, 2.45) is 5.73 Å². The first kappa shape index (κ1) is 11.6. The lowest BCUT2D eigenvalue weighted by atomic mass is 10.3. The zero-order valence-electron chi connectivity index (χ0n) is 9.67. The quantitative estimate of drug-likeness (QED) is 0.797. The van der Waals surface area contributed by atoms with Gasteiger partial charge in [0.1, 0.15) is 6.04 Å². The lowest BCUT2D eigenvalue weighted by Gasteiger charge is -2.11. The summed E-state index contributed by atoms with van der Waals surface area (Å²) in [6.45, 7) is 2.48. The van der Waals surface area contributed by atoms with Gasteiger partial charge in [0.05, 0.1) is 30.5 Å². The first-order valence-electron chi connectivity index (χ1n) is 5.54. The average Bonchev–Trinajstić information content (AvgIpc) is 2.73. The van der Waals surface area contributed by atoms with E-state index >= 15 is 0 Å². The molecule has 0 radical (unpaired) electrons. The molecule has 0 aliphatic heterocycles. The zero-order valence-corrected chi connectivity index (χ0v) is 9.67. The highest BCUT2D eigenvalue weighted by atomic mass is 16.5. The Balaban J connectivity index is 2.16. The number of hydrogen-bond donors (Lipinski definition) is 1. The van der Waals surface area contributed by atoms with Gasteiger partial charge in [-0.3, -0.25) is 4.79 Å². The van der Waals surface area contributed by atoms with Gasteiger partial charge in [-0.05, 0) is 19.1 Å². The number of fused-ring (bicyclic) bond motifs is 1. The lowest BCUT2D eigenvalue weighted by molar-refractivity contribution is -0.144. The second-order valence-corrected chi connectivity index (χ2v) is 3.74. The Labute approximate surface area is 99.2 Å². The molecule has 0 aliphatic carbocycles. The molecule has 1 atom stereocenters. The third kappa shape index (κ3) is 2.45. The van der Waals surface area contributed by atoms with E-state index in [4.69, 9.17) is 10.5 Å². The molecule has 1 aromatic heterocycles. The van der Waals surface area contributed by atoms with Crippen LogP contribution in [0.25, 0.3) is 11.0 Å². The zero-order chi connectivity index (χ0) is 12.3. The van der Waals surface area contributed by atoms with E-state index in [1.54, 1.807) is 13.3 Å². The Morgan fingerprint density at radius 1 is 1.53 bits per heavy atom. The van der Waals surface area contributed by atoms with E-state index in [-0.39, 0.29) is 5.97 Å². The van der Waals surface area contributed by atoms with Crippen molar-refractivity contribution in [3.8, 4) is 0 Å². The van der Waals surface area contributed by atoms with Crippen LogP contribution in [0.4, 0.5) is 0 Å². The summed E-state index contributed by atoms with van der Waals surface area (Å²) in [6, 6.07) is 7.05. The minimum atomic E-state index is -0.660. The Hall–Kier alpha value is -1.88. The SMILES string of the molecule is CCOC(=O)C(N)Cn1cnc2ccccc21. The molecule has 0 fully saturated rings. The molecular weight excluding hydrogens is 218 g/mol. The highest BCUT2D eigenvalue weighted by Gasteiger charge is 2.16. The summed E-state index contributed by atoms with van der Waals surface area (Å²) in [5.41, 5.74) is 7.62. The van der Waals surface area contributed by atoms with Crippen LogP contribution in [0.2, 0.25) is 0 Å². The molecule has 0 saturated heterocycles. The predicted molar refractivity (Wildman–Crippen MR) is 64.3 cm³/mol. The number of benzene rings is 1. The molecule has 5 heteroatoms. The number of rotatable bonds is 4. The number of esters is 1. The molecule has 0 amide bonds. The predicted octanol–water partition coefficient (Wildman–Crippen LogP) is 0.927. The summed E-state index contributed by atoms with van der Waals surface area (Å²) >= 11 is 0. The standard InChI is InChI=1S/C12H15N3O2/c1-2-17-12(16)9(13)7-15-8-14-10-5-3-4-6-11(10)15/h3-6,8-9H,2,7,13H2,1H3. The van der Waals surface area contributed by atoms with Crippen LogP contribution in [-0.4, -0.2) is 28.2 Å². The van der Waals surface area contributed by atoms with Crippen LogP contribution < -0.4 is 5.73 Å². The molecule has 2 aromatic rings. The number of nitrogens with zero attached hydrogens (tertiary/aromatic N) is 2. The van der Waals surface area contributed by atoms with E-state index < -0.39 is 6.04 Å². The van der Waals surface area contributed by atoms with Crippen LogP contribution in [-0.2, 0) is 16.1 Å². The van der Waals surface area contributed by atoms with Gasteiger partial charge in [-0.1, -0.05) is 12.1 Å². The smallest absolute Gasteiger partial charge is 0.324 e. The topological polar surface area (TPSA) is 70.1 Å². The van der Waals surface area contributed by atoms with E-state index in [0.717, 1.165) is 11.0 Å². The Bertz CT molecular complexity index is 521. The van der Waals surface area contributed by atoms with Crippen molar-refractivity contribution in [2.45, 2.75) is 19.5 Å². The van der Waals surface area contributed by atoms with Crippen molar-refractivity contribution in [1.82, 2.24) is 9.55 Å². The number of nitrogens with two attached hydrogens (primary N) is 1. The Kier molecular flexibility index (Phi) is 3.39. The van der Waals surface area contributed by atoms with Crippen molar-refractivity contribution in [3.63, 3.8) is 0 Å². The maximum absolute atomic E-state index is 11.4. The fourth-order valence-electron chi connectivity index (χ4n) is 1.69. The molecule has 0 bridgehead atoms. The van der Waals surface area contributed by atoms with Gasteiger partial charge in [0, 0.05) is 0 Å². The van der Waals surface area contributed by atoms with Crippen LogP contribution >= 0.6 is 0 Å². The summed E-state index contributed by atoms with van der Waals surface area (Å²) in [5.74, 6) is -0.384. The van der Waals surface area contributed by atoms with E-state index in [0.29, 0.717) is 13.2 Å². The first-order valence-corrected chi connectivity index (χ1v) is 5.54. The number of para-hydroxylation sites is 2. The van der Waals surface area contributed by atoms with Crippen molar-refractivity contribution in [3.05, 3.63) is 30.6 Å². The Morgan fingerprint density at radius 3 is 3.06 bits per heavy atom. The largest absolute Gasteiger partial charge is 0.465 e. The third-order valence-electron chi connectivity index (χ3n) is 2.51. The summed E-state index contributed by atoms with van der Waals surface area (Å²) < 4.78 is 6.72. The van der Waals surface area contributed by atoms with E-state index in [2.05, 4.69) is 4.98 Å². The van der Waals surface area contributed by atoms with Gasteiger partial charge in [0.15, 0.2) is 0 Å². The summed E-state index contributed by atoms with van der Waals surface area (Å²) in [4.78, 5) is 15.7. The van der Waals surface area contributed by atoms with Crippen molar-refractivity contribution < 1.29 is 9.53 Å². The molecular formula is C12H15N3O2. The molecule has 1 unspecified atom stereocenters. The number of ether oxygens (including phenoxy) is 1. The van der Waals surface area contributed by atoms with Crippen molar-refractivity contribution in [2.75, 3.05) is 6.61 Å². The van der Waals surface area contributed by atoms with Gasteiger partial charge in [-0.15, -0.1) is 0 Å². The van der Waals surface area contributed by atoms with Crippen LogP contribution in [0.15, 0.2) is 30.6 Å². The van der Waals surface area contributed by atoms with Gasteiger partial charge in [0.25, 0.3) is 0 Å². The molecule has 2 N–H and O–H groups in total. The van der Waals surface area contributed by atoms with Gasteiger partial charge in [-0.25, -0.2) is 4.98 Å². The molecule has 0 aliphatic rings. The van der Waals surface area contributed by atoms with Crippen molar-refractivity contribution in [1.29, 1.82) is 0 Å². The van der Waals surface area contributed by atoms with Crippen molar-refractivity contribution >= 4 is 17.0 Å². The van der Waals surface area contributed by atoms with E-state index in [1.807, 2.05) is 28.8 Å². The van der Waals surface area contributed by atoms with E-state index in [9.17, 15) is 4.79 Å². The molecule has 17 heavy (non-hydrogen) atoms. The van der Waals surface area contributed by atoms with Crippen LogP contribution in [0.3, 0.4) is 0 Å². The first-order chi connectivity index (χ1) is 8.22. The van der Waals surface area contributed by atoms with Crippen LogP contribution in [0, 0.1) is 0 Å². The second-order valence-electron chi connectivity index (χ2n) is 3.74. The van der Waals surface area contributed by atoms with Gasteiger partial charge in [-0.2, -0.15) is 0 Å². The fourth-order valence-corrected chi connectivity index (χ4v) is 1.69. The van der Waals surface area contributed by atoms with E-state index in [1.165, 1.54) is 0 Å². The minimum Gasteiger partial charge on any atom is -0.465 e. The normalized spacial score (nSPS) is 12.6. The molecule has 0 spiro atoms. The third-order valence-corrected chi connectivity index (χ3v) is 2.51. The fraction of sp³-hybridized carbons (Fsp3) is 0.333. The highest BCUT2D eigenvalue weighted by Crippen LogP contribution is 2.12. The maximum atomic E-state index is 11.4. The molecule has 0 saturated carbocycles. The average molecular weight is 233 g/mol. The maximum Gasteiger partial charge on any atom is 0.324 e. The number of aromatic nitrogens is 2. The number of carbonyl (C=O) groups is 1. The molecule has 1 heterocycles. The number of imidazole rings is 1. The monoisotopic (exact) mass is 233 g/mol. The molecule has 5 nitrogen and oxygen atoms in total. The second kappa shape index (κ2) is 4.97. The van der Waals surface area contributed by atoms with Gasteiger partial charge in [0.2, 0.25) is 0 Å². The molecule has 90 valence electrons. The Morgan fingerprint density at radius 2 is 2.29 bits per heavy atom. The van der Waals surface area contributed by atoms with Gasteiger partial charge < -0.3 is 15.0 Å². The van der Waals surface area contributed by atoms with Gasteiger partial charge >= 0.3 is 5.97 Å². The molecule has 1 aromatic carbocycles. The molecule has 2 rings (SSSR count). The number of carbonyl (C=O) groups excluding carboxylic acids is 1. The van der Waals surface area contributed by atoms with Crippen LogP contribution in [0.5, 0.6) is 0 Å². The lowest BCUT2D eigenvalue weighted by Crippen LogP contribution is -2.36. The number of hydrogen-bond acceptors (Lipinski definition) is 4. The highest BCUT2D eigenvalue weighted by molar-refractivity contribution is 5.77. The summed E-state index contributed by atoms with van der Waals surface area (Å²) in [6.07, 6.45) is 1.68. The minimum absolute atomic E-state index is 0.344. The summed E-state index contributed by atoms with van der Waals surface area (Å²) in [7, 11) is 0. The summed E-state index contributed by atoms with van der Waals surface area (Å²) in [5, 5.41) is 0.